The summed E-state index contributed by atoms with van der Waals surface area (Å²) in [6.07, 6.45) is 3.42. The molecule has 0 bridgehead atoms. The summed E-state index contributed by atoms with van der Waals surface area (Å²) >= 11 is 0. The van der Waals surface area contributed by atoms with Gasteiger partial charge in [0.05, 0.1) is 13.2 Å². The summed E-state index contributed by atoms with van der Waals surface area (Å²) in [5, 5.41) is 2.81. The molecule has 134 valence electrons. The fraction of sp³-hybridized carbons (Fsp3) is 0.444. The number of methoxy groups -OCH3 is 1. The number of amides is 1. The van der Waals surface area contributed by atoms with Gasteiger partial charge in [-0.05, 0) is 37.5 Å². The largest absolute Gasteiger partial charge is 0.493 e. The SMILES string of the molecule is COc1cc(C)ccc1OCc1nc(C(=O)NCC2CCCO2)co1. The van der Waals surface area contributed by atoms with Gasteiger partial charge in [-0.25, -0.2) is 4.98 Å². The monoisotopic (exact) mass is 346 g/mol. The Labute approximate surface area is 146 Å². The third-order valence-corrected chi connectivity index (χ3v) is 3.97. The molecule has 1 aromatic carbocycles. The van der Waals surface area contributed by atoms with E-state index in [0.717, 1.165) is 25.0 Å². The fourth-order valence-corrected chi connectivity index (χ4v) is 2.62. The second-order valence-electron chi connectivity index (χ2n) is 5.91. The van der Waals surface area contributed by atoms with E-state index in [4.69, 9.17) is 18.6 Å². The number of rotatable bonds is 7. The number of hydrogen-bond acceptors (Lipinski definition) is 6. The van der Waals surface area contributed by atoms with Gasteiger partial charge in [-0.3, -0.25) is 4.79 Å². The second-order valence-corrected chi connectivity index (χ2v) is 5.91. The Hall–Kier alpha value is -2.54. The molecule has 1 N–H and O–H groups in total. The molecule has 0 radical (unpaired) electrons. The molecule has 0 saturated carbocycles. The van der Waals surface area contributed by atoms with Crippen molar-refractivity contribution in [3.8, 4) is 11.5 Å². The summed E-state index contributed by atoms with van der Waals surface area (Å²) in [7, 11) is 1.59. The summed E-state index contributed by atoms with van der Waals surface area (Å²) in [6.45, 7) is 3.33. The van der Waals surface area contributed by atoms with Crippen LogP contribution < -0.4 is 14.8 Å². The van der Waals surface area contributed by atoms with Crippen LogP contribution in [-0.2, 0) is 11.3 Å². The van der Waals surface area contributed by atoms with Gasteiger partial charge in [-0.2, -0.15) is 0 Å². The number of carbonyl (C=O) groups is 1. The van der Waals surface area contributed by atoms with Crippen LogP contribution >= 0.6 is 0 Å². The van der Waals surface area contributed by atoms with Crippen LogP contribution in [0.2, 0.25) is 0 Å². The van der Waals surface area contributed by atoms with Crippen molar-refractivity contribution in [2.45, 2.75) is 32.5 Å². The number of nitrogens with zero attached hydrogens (tertiary/aromatic N) is 1. The lowest BCUT2D eigenvalue weighted by molar-refractivity contribution is 0.0853. The van der Waals surface area contributed by atoms with E-state index >= 15 is 0 Å². The Morgan fingerprint density at radius 1 is 1.40 bits per heavy atom. The number of hydrogen-bond donors (Lipinski definition) is 1. The smallest absolute Gasteiger partial charge is 0.273 e. The molecule has 25 heavy (non-hydrogen) atoms. The van der Waals surface area contributed by atoms with Gasteiger partial charge in [-0.15, -0.1) is 0 Å². The first-order valence-corrected chi connectivity index (χ1v) is 8.27. The van der Waals surface area contributed by atoms with Gasteiger partial charge in [0, 0.05) is 13.2 Å². The van der Waals surface area contributed by atoms with Crippen LogP contribution in [0.5, 0.6) is 11.5 Å². The Bertz CT molecular complexity index is 722. The molecule has 1 aliphatic rings. The fourth-order valence-electron chi connectivity index (χ4n) is 2.62. The highest BCUT2D eigenvalue weighted by Crippen LogP contribution is 2.28. The van der Waals surface area contributed by atoms with Crippen molar-refractivity contribution in [1.82, 2.24) is 10.3 Å². The van der Waals surface area contributed by atoms with Crippen molar-refractivity contribution in [3.05, 3.63) is 41.6 Å². The predicted octanol–water partition coefficient (Wildman–Crippen LogP) is 2.48. The van der Waals surface area contributed by atoms with Gasteiger partial charge in [-0.1, -0.05) is 6.07 Å². The highest BCUT2D eigenvalue weighted by atomic mass is 16.5. The summed E-state index contributed by atoms with van der Waals surface area (Å²) in [5.74, 6) is 1.28. The molecule has 1 saturated heterocycles. The van der Waals surface area contributed by atoms with Crippen molar-refractivity contribution in [3.63, 3.8) is 0 Å². The Morgan fingerprint density at radius 3 is 3.04 bits per heavy atom. The van der Waals surface area contributed by atoms with Crippen LogP contribution in [0.3, 0.4) is 0 Å². The molecule has 1 atom stereocenters. The predicted molar refractivity (Wildman–Crippen MR) is 89.9 cm³/mol. The molecule has 1 aliphatic heterocycles. The molecular formula is C18H22N2O5. The van der Waals surface area contributed by atoms with Crippen LogP contribution in [0.1, 0.15) is 34.8 Å². The first-order valence-electron chi connectivity index (χ1n) is 8.27. The topological polar surface area (TPSA) is 82.8 Å². The molecule has 2 heterocycles. The van der Waals surface area contributed by atoms with E-state index < -0.39 is 0 Å². The lowest BCUT2D eigenvalue weighted by Crippen LogP contribution is -2.31. The van der Waals surface area contributed by atoms with E-state index in [1.165, 1.54) is 6.26 Å². The first-order chi connectivity index (χ1) is 12.2. The van der Waals surface area contributed by atoms with Gasteiger partial charge in [0.2, 0.25) is 5.89 Å². The second kappa shape index (κ2) is 8.02. The minimum absolute atomic E-state index is 0.0904. The standard InChI is InChI=1S/C18H22N2O5/c1-12-5-6-15(16(8-12)22-2)24-11-17-20-14(10-25-17)18(21)19-9-13-4-3-7-23-13/h5-6,8,10,13H,3-4,7,9,11H2,1-2H3,(H,19,21). The quantitative estimate of drug-likeness (QED) is 0.829. The van der Waals surface area contributed by atoms with Crippen LogP contribution in [0.15, 0.2) is 28.9 Å². The zero-order chi connectivity index (χ0) is 17.6. The molecule has 0 aliphatic carbocycles. The summed E-state index contributed by atoms with van der Waals surface area (Å²) < 4.78 is 21.7. The number of oxazole rings is 1. The molecule has 7 heteroatoms. The summed E-state index contributed by atoms with van der Waals surface area (Å²) in [4.78, 5) is 16.2. The Morgan fingerprint density at radius 2 is 2.28 bits per heavy atom. The van der Waals surface area contributed by atoms with E-state index in [9.17, 15) is 4.79 Å². The maximum Gasteiger partial charge on any atom is 0.273 e. The molecule has 1 amide bonds. The zero-order valence-corrected chi connectivity index (χ0v) is 14.4. The van der Waals surface area contributed by atoms with Crippen LogP contribution in [0.25, 0.3) is 0 Å². The van der Waals surface area contributed by atoms with Crippen LogP contribution in [-0.4, -0.2) is 37.3 Å². The molecular weight excluding hydrogens is 324 g/mol. The average Bonchev–Trinajstić information content (AvgIpc) is 3.30. The minimum atomic E-state index is -0.279. The Kier molecular flexibility index (Phi) is 5.55. The number of carbonyl (C=O) groups excluding carboxylic acids is 1. The molecule has 2 aromatic rings. The first kappa shape index (κ1) is 17.3. The van der Waals surface area contributed by atoms with Gasteiger partial charge in [0.1, 0.15) is 6.26 Å². The maximum absolute atomic E-state index is 12.1. The van der Waals surface area contributed by atoms with Crippen molar-refractivity contribution in [2.75, 3.05) is 20.3 Å². The molecule has 1 aromatic heterocycles. The van der Waals surface area contributed by atoms with Crippen molar-refractivity contribution in [2.24, 2.45) is 0 Å². The van der Waals surface area contributed by atoms with Gasteiger partial charge in [0.15, 0.2) is 23.8 Å². The van der Waals surface area contributed by atoms with Crippen LogP contribution in [0, 0.1) is 6.92 Å². The minimum Gasteiger partial charge on any atom is -0.493 e. The van der Waals surface area contributed by atoms with Gasteiger partial charge >= 0.3 is 0 Å². The molecule has 7 nitrogen and oxygen atoms in total. The highest BCUT2D eigenvalue weighted by molar-refractivity contribution is 5.91. The van der Waals surface area contributed by atoms with E-state index in [2.05, 4.69) is 10.3 Å². The lowest BCUT2D eigenvalue weighted by atomic mass is 10.2. The van der Waals surface area contributed by atoms with E-state index in [1.54, 1.807) is 7.11 Å². The van der Waals surface area contributed by atoms with Gasteiger partial charge in [0.25, 0.3) is 5.91 Å². The maximum atomic E-state index is 12.1. The third kappa shape index (κ3) is 4.51. The zero-order valence-electron chi connectivity index (χ0n) is 14.4. The molecule has 3 rings (SSSR count). The van der Waals surface area contributed by atoms with Crippen molar-refractivity contribution < 1.29 is 23.4 Å². The lowest BCUT2D eigenvalue weighted by Gasteiger charge is -2.10. The van der Waals surface area contributed by atoms with Crippen molar-refractivity contribution >= 4 is 5.91 Å². The number of benzene rings is 1. The van der Waals surface area contributed by atoms with Crippen molar-refractivity contribution in [1.29, 1.82) is 0 Å². The number of ether oxygens (including phenoxy) is 3. The number of nitrogens with one attached hydrogen (secondary N) is 1. The molecule has 1 fully saturated rings. The number of aryl methyl sites for hydroxylation is 1. The normalized spacial score (nSPS) is 16.6. The summed E-state index contributed by atoms with van der Waals surface area (Å²) in [6, 6.07) is 5.64. The van der Waals surface area contributed by atoms with E-state index in [-0.39, 0.29) is 24.3 Å². The highest BCUT2D eigenvalue weighted by Gasteiger charge is 2.18. The van der Waals surface area contributed by atoms with Gasteiger partial charge < -0.3 is 23.9 Å². The molecule has 1 unspecified atom stereocenters. The Balaban J connectivity index is 1.53. The van der Waals surface area contributed by atoms with E-state index in [0.29, 0.717) is 23.9 Å². The average molecular weight is 346 g/mol. The number of aromatic nitrogens is 1. The summed E-state index contributed by atoms with van der Waals surface area (Å²) in [5.41, 5.74) is 1.30. The van der Waals surface area contributed by atoms with Crippen LogP contribution in [0.4, 0.5) is 0 Å². The molecule has 0 spiro atoms. The third-order valence-electron chi connectivity index (χ3n) is 3.97. The van der Waals surface area contributed by atoms with E-state index in [1.807, 2.05) is 25.1 Å².